The van der Waals surface area contributed by atoms with Crippen LogP contribution in [0.3, 0.4) is 0 Å². The molecule has 5 heteroatoms. The van der Waals surface area contributed by atoms with Crippen LogP contribution < -0.4 is 9.47 Å². The lowest BCUT2D eigenvalue weighted by atomic mass is 10.0. The van der Waals surface area contributed by atoms with E-state index in [0.29, 0.717) is 17.1 Å². The number of nitrogens with zero attached hydrogens (tertiary/aromatic N) is 1. The van der Waals surface area contributed by atoms with E-state index < -0.39 is 4.92 Å². The van der Waals surface area contributed by atoms with Gasteiger partial charge in [-0.1, -0.05) is 24.3 Å². The summed E-state index contributed by atoms with van der Waals surface area (Å²) in [6.07, 6.45) is 1.48. The van der Waals surface area contributed by atoms with Crippen molar-refractivity contribution in [3.8, 4) is 11.5 Å². The third-order valence-electron chi connectivity index (χ3n) is 3.06. The topological polar surface area (TPSA) is 61.6 Å². The van der Waals surface area contributed by atoms with E-state index >= 15 is 0 Å². The molecule has 0 N–H and O–H groups in total. The standard InChI is InChI=1S/C15H15NO4/c1-10(16(17)18)8-11-9-14(19-2)12-6-4-5-7-13(12)15(11)20-3/h4-9H,1-3H3. The molecular formula is C15H15NO4. The van der Waals surface area contributed by atoms with E-state index in [2.05, 4.69) is 0 Å². The number of benzene rings is 2. The predicted molar refractivity (Wildman–Crippen MR) is 77.7 cm³/mol. The van der Waals surface area contributed by atoms with Gasteiger partial charge in [-0.25, -0.2) is 0 Å². The first kappa shape index (κ1) is 13.9. The van der Waals surface area contributed by atoms with Gasteiger partial charge in [0.15, 0.2) is 0 Å². The lowest BCUT2D eigenvalue weighted by Crippen LogP contribution is -1.96. The fourth-order valence-corrected chi connectivity index (χ4v) is 2.12. The van der Waals surface area contributed by atoms with Crippen LogP contribution in [0.25, 0.3) is 16.8 Å². The van der Waals surface area contributed by atoms with Crippen molar-refractivity contribution in [2.75, 3.05) is 14.2 Å². The second-order valence-electron chi connectivity index (χ2n) is 4.29. The minimum atomic E-state index is -0.429. The van der Waals surface area contributed by atoms with Gasteiger partial charge >= 0.3 is 0 Å². The zero-order chi connectivity index (χ0) is 14.7. The molecule has 0 spiro atoms. The zero-order valence-corrected chi connectivity index (χ0v) is 11.5. The molecule has 0 aliphatic heterocycles. The second-order valence-corrected chi connectivity index (χ2v) is 4.29. The van der Waals surface area contributed by atoms with Crippen LogP contribution in [0.15, 0.2) is 36.0 Å². The molecule has 0 amide bonds. The Bertz CT molecular complexity index is 692. The highest BCUT2D eigenvalue weighted by Gasteiger charge is 2.14. The van der Waals surface area contributed by atoms with Crippen molar-refractivity contribution in [3.63, 3.8) is 0 Å². The van der Waals surface area contributed by atoms with Crippen molar-refractivity contribution in [3.05, 3.63) is 51.7 Å². The smallest absolute Gasteiger partial charge is 0.243 e. The first-order chi connectivity index (χ1) is 9.58. The SMILES string of the molecule is COc1cc(C=C(C)[N+](=O)[O-])c(OC)c2ccccc12. The van der Waals surface area contributed by atoms with Gasteiger partial charge in [0.2, 0.25) is 5.70 Å². The molecule has 20 heavy (non-hydrogen) atoms. The number of nitro groups is 1. The summed E-state index contributed by atoms with van der Waals surface area (Å²) in [6, 6.07) is 9.36. The molecule has 0 aliphatic rings. The number of methoxy groups -OCH3 is 2. The van der Waals surface area contributed by atoms with Crippen molar-refractivity contribution >= 4 is 16.8 Å². The van der Waals surface area contributed by atoms with E-state index in [1.54, 1.807) is 20.3 Å². The average molecular weight is 273 g/mol. The van der Waals surface area contributed by atoms with Gasteiger partial charge in [0.05, 0.1) is 19.1 Å². The van der Waals surface area contributed by atoms with Gasteiger partial charge in [-0.2, -0.15) is 0 Å². The lowest BCUT2D eigenvalue weighted by Gasteiger charge is -2.12. The molecule has 0 radical (unpaired) electrons. The highest BCUT2D eigenvalue weighted by Crippen LogP contribution is 2.37. The normalized spacial score (nSPS) is 11.4. The molecule has 0 atom stereocenters. The molecule has 5 nitrogen and oxygen atoms in total. The van der Waals surface area contributed by atoms with Gasteiger partial charge in [-0.3, -0.25) is 10.1 Å². The Morgan fingerprint density at radius 1 is 1.20 bits per heavy atom. The van der Waals surface area contributed by atoms with Crippen LogP contribution in [0.1, 0.15) is 12.5 Å². The van der Waals surface area contributed by atoms with Crippen molar-refractivity contribution in [1.82, 2.24) is 0 Å². The first-order valence-corrected chi connectivity index (χ1v) is 6.05. The Labute approximate surface area is 116 Å². The second kappa shape index (κ2) is 5.61. The van der Waals surface area contributed by atoms with Crippen LogP contribution >= 0.6 is 0 Å². The highest BCUT2D eigenvalue weighted by molar-refractivity contribution is 5.96. The number of hydrogen-bond acceptors (Lipinski definition) is 4. The van der Waals surface area contributed by atoms with E-state index in [4.69, 9.17) is 9.47 Å². The van der Waals surface area contributed by atoms with Crippen LogP contribution in [-0.4, -0.2) is 19.1 Å². The van der Waals surface area contributed by atoms with Gasteiger partial charge < -0.3 is 9.47 Å². The van der Waals surface area contributed by atoms with E-state index in [1.807, 2.05) is 24.3 Å². The number of fused-ring (bicyclic) bond motifs is 1. The monoisotopic (exact) mass is 273 g/mol. The molecule has 0 aromatic heterocycles. The third kappa shape index (κ3) is 2.42. The molecule has 2 aromatic carbocycles. The van der Waals surface area contributed by atoms with Crippen LogP contribution in [0.2, 0.25) is 0 Å². The molecule has 2 rings (SSSR count). The fourth-order valence-electron chi connectivity index (χ4n) is 2.12. The number of ether oxygens (including phenoxy) is 2. The van der Waals surface area contributed by atoms with Crippen molar-refractivity contribution < 1.29 is 14.4 Å². The molecule has 0 saturated heterocycles. The zero-order valence-electron chi connectivity index (χ0n) is 11.5. The molecule has 0 unspecified atom stereocenters. The van der Waals surface area contributed by atoms with E-state index in [1.165, 1.54) is 13.0 Å². The summed E-state index contributed by atoms with van der Waals surface area (Å²) in [7, 11) is 3.12. The van der Waals surface area contributed by atoms with Gasteiger partial charge in [0.25, 0.3) is 0 Å². The number of hydrogen-bond donors (Lipinski definition) is 0. The summed E-state index contributed by atoms with van der Waals surface area (Å²) in [5.74, 6) is 1.26. The molecule has 0 saturated carbocycles. The average Bonchev–Trinajstić information content (AvgIpc) is 2.46. The summed E-state index contributed by atoms with van der Waals surface area (Å²) in [5.41, 5.74) is 0.665. The minimum Gasteiger partial charge on any atom is -0.496 e. The molecular weight excluding hydrogens is 258 g/mol. The van der Waals surface area contributed by atoms with E-state index in [0.717, 1.165) is 10.8 Å². The van der Waals surface area contributed by atoms with Crippen LogP contribution in [-0.2, 0) is 0 Å². The fraction of sp³-hybridized carbons (Fsp3) is 0.200. The number of rotatable bonds is 4. The van der Waals surface area contributed by atoms with Crippen LogP contribution in [0.4, 0.5) is 0 Å². The summed E-state index contributed by atoms with van der Waals surface area (Å²) in [5, 5.41) is 12.5. The van der Waals surface area contributed by atoms with Gasteiger partial charge in [-0.15, -0.1) is 0 Å². The maximum Gasteiger partial charge on any atom is 0.243 e. The van der Waals surface area contributed by atoms with E-state index in [9.17, 15) is 10.1 Å². The summed E-state index contributed by atoms with van der Waals surface area (Å²) in [4.78, 5) is 10.4. The molecule has 0 heterocycles. The van der Waals surface area contributed by atoms with Crippen molar-refractivity contribution in [2.24, 2.45) is 0 Å². The summed E-state index contributed by atoms with van der Waals surface area (Å²) in [6.45, 7) is 1.45. The van der Waals surface area contributed by atoms with Gasteiger partial charge in [0, 0.05) is 29.3 Å². The molecule has 0 bridgehead atoms. The summed E-state index contributed by atoms with van der Waals surface area (Å²) >= 11 is 0. The molecule has 0 aliphatic carbocycles. The molecule has 0 fully saturated rings. The Morgan fingerprint density at radius 3 is 2.40 bits per heavy atom. The maximum absolute atomic E-state index is 10.8. The quantitative estimate of drug-likeness (QED) is 0.632. The maximum atomic E-state index is 10.8. The first-order valence-electron chi connectivity index (χ1n) is 6.05. The Hall–Kier alpha value is -2.56. The van der Waals surface area contributed by atoms with Gasteiger partial charge in [-0.05, 0) is 6.07 Å². The predicted octanol–water partition coefficient (Wildman–Crippen LogP) is 3.49. The summed E-state index contributed by atoms with van der Waals surface area (Å²) < 4.78 is 10.8. The van der Waals surface area contributed by atoms with Gasteiger partial charge in [0.1, 0.15) is 11.5 Å². The minimum absolute atomic E-state index is 0.0423. The Kier molecular flexibility index (Phi) is 3.89. The number of allylic oxidation sites excluding steroid dienone is 1. The van der Waals surface area contributed by atoms with Crippen LogP contribution in [0, 0.1) is 10.1 Å². The highest BCUT2D eigenvalue weighted by atomic mass is 16.6. The Balaban J connectivity index is 2.77. The largest absolute Gasteiger partial charge is 0.496 e. The lowest BCUT2D eigenvalue weighted by molar-refractivity contribution is -0.422. The van der Waals surface area contributed by atoms with E-state index in [-0.39, 0.29) is 5.70 Å². The van der Waals surface area contributed by atoms with Crippen LogP contribution in [0.5, 0.6) is 11.5 Å². The molecule has 2 aromatic rings. The Morgan fingerprint density at radius 2 is 1.85 bits per heavy atom. The molecule has 104 valence electrons. The van der Waals surface area contributed by atoms with Crippen molar-refractivity contribution in [1.29, 1.82) is 0 Å². The third-order valence-corrected chi connectivity index (χ3v) is 3.06. The van der Waals surface area contributed by atoms with Crippen molar-refractivity contribution in [2.45, 2.75) is 6.92 Å².